The summed E-state index contributed by atoms with van der Waals surface area (Å²) in [5.74, 6) is -1.09. The average Bonchev–Trinajstić information content (AvgIpc) is 2.66. The smallest absolute Gasteiger partial charge is 0.326 e. The minimum atomic E-state index is -1.09. The molecule has 7 nitrogen and oxygen atoms in total. The second-order valence-electron chi connectivity index (χ2n) is 5.02. The van der Waals surface area contributed by atoms with E-state index in [2.05, 4.69) is 20.6 Å². The lowest BCUT2D eigenvalue weighted by atomic mass is 10.1. The molecule has 0 saturated carbocycles. The van der Waals surface area contributed by atoms with E-state index in [0.717, 1.165) is 0 Å². The van der Waals surface area contributed by atoms with E-state index in [1.54, 1.807) is 0 Å². The van der Waals surface area contributed by atoms with Crippen LogP contribution in [-0.4, -0.2) is 38.7 Å². The van der Waals surface area contributed by atoms with Crippen LogP contribution < -0.4 is 10.6 Å². The lowest BCUT2D eigenvalue weighted by molar-refractivity contribution is -0.139. The van der Waals surface area contributed by atoms with E-state index >= 15 is 0 Å². The summed E-state index contributed by atoms with van der Waals surface area (Å²) in [6, 6.07) is -1.50. The Hall–Kier alpha value is -2.05. The summed E-state index contributed by atoms with van der Waals surface area (Å²) >= 11 is 0. The molecule has 0 unspecified atom stereocenters. The van der Waals surface area contributed by atoms with Crippen molar-refractivity contribution in [2.75, 3.05) is 0 Å². The summed E-state index contributed by atoms with van der Waals surface area (Å²) in [6.07, 6.45) is 3.15. The number of carboxylic acids is 1. The molecule has 18 heavy (non-hydrogen) atoms. The number of amides is 2. The number of aromatic amines is 1. The van der Waals surface area contributed by atoms with Gasteiger partial charge in [0.1, 0.15) is 6.04 Å². The van der Waals surface area contributed by atoms with Crippen molar-refractivity contribution in [2.24, 2.45) is 0 Å². The molecule has 1 atom stereocenters. The SMILES string of the molecule is CC(C)(C)NC(=O)N[C@H](Cc1cnc[nH]1)C(=O)O. The van der Waals surface area contributed by atoms with Crippen LogP contribution in [0.2, 0.25) is 0 Å². The van der Waals surface area contributed by atoms with E-state index in [1.165, 1.54) is 12.5 Å². The van der Waals surface area contributed by atoms with Crippen molar-refractivity contribution in [1.29, 1.82) is 0 Å². The minimum Gasteiger partial charge on any atom is -0.480 e. The molecule has 0 aliphatic rings. The molecule has 1 aromatic heterocycles. The number of carbonyl (C=O) groups is 2. The maximum atomic E-state index is 11.6. The van der Waals surface area contributed by atoms with E-state index in [0.29, 0.717) is 5.69 Å². The second kappa shape index (κ2) is 5.52. The third kappa shape index (κ3) is 4.86. The highest BCUT2D eigenvalue weighted by Gasteiger charge is 2.23. The lowest BCUT2D eigenvalue weighted by Gasteiger charge is -2.22. The Morgan fingerprint density at radius 1 is 1.50 bits per heavy atom. The van der Waals surface area contributed by atoms with Gasteiger partial charge in [-0.15, -0.1) is 0 Å². The van der Waals surface area contributed by atoms with Crippen LogP contribution in [0.5, 0.6) is 0 Å². The largest absolute Gasteiger partial charge is 0.480 e. The van der Waals surface area contributed by atoms with E-state index in [-0.39, 0.29) is 6.42 Å². The minimum absolute atomic E-state index is 0.160. The number of nitrogens with one attached hydrogen (secondary N) is 3. The summed E-state index contributed by atoms with van der Waals surface area (Å²) in [7, 11) is 0. The molecule has 0 spiro atoms. The number of nitrogens with zero attached hydrogens (tertiary/aromatic N) is 1. The molecule has 0 aliphatic heterocycles. The number of imidazole rings is 1. The maximum Gasteiger partial charge on any atom is 0.326 e. The predicted molar refractivity (Wildman–Crippen MR) is 65.1 cm³/mol. The molecule has 0 radical (unpaired) electrons. The zero-order valence-corrected chi connectivity index (χ0v) is 10.7. The second-order valence-corrected chi connectivity index (χ2v) is 5.02. The third-order valence-corrected chi connectivity index (χ3v) is 2.07. The number of carboxylic acid groups (broad SMARTS) is 1. The van der Waals surface area contributed by atoms with Crippen molar-refractivity contribution in [2.45, 2.75) is 38.8 Å². The van der Waals surface area contributed by atoms with Gasteiger partial charge < -0.3 is 20.7 Å². The van der Waals surface area contributed by atoms with E-state index in [4.69, 9.17) is 5.11 Å². The van der Waals surface area contributed by atoms with Gasteiger partial charge >= 0.3 is 12.0 Å². The summed E-state index contributed by atoms with van der Waals surface area (Å²) in [6.45, 7) is 5.45. The van der Waals surface area contributed by atoms with Gasteiger partial charge in [0.2, 0.25) is 0 Å². The maximum absolute atomic E-state index is 11.6. The molecule has 0 aliphatic carbocycles. The van der Waals surface area contributed by atoms with Gasteiger partial charge in [0.05, 0.1) is 6.33 Å². The number of hydrogen-bond acceptors (Lipinski definition) is 3. The van der Waals surface area contributed by atoms with Crippen LogP contribution in [0, 0.1) is 0 Å². The number of urea groups is 1. The monoisotopic (exact) mass is 254 g/mol. The number of aliphatic carboxylic acids is 1. The molecular weight excluding hydrogens is 236 g/mol. The summed E-state index contributed by atoms with van der Waals surface area (Å²) in [4.78, 5) is 29.2. The Labute approximate surface area is 105 Å². The Morgan fingerprint density at radius 3 is 2.61 bits per heavy atom. The van der Waals surface area contributed by atoms with Crippen LogP contribution in [0.1, 0.15) is 26.5 Å². The highest BCUT2D eigenvalue weighted by Crippen LogP contribution is 2.01. The van der Waals surface area contributed by atoms with E-state index < -0.39 is 23.6 Å². The van der Waals surface area contributed by atoms with Gasteiger partial charge in [0.25, 0.3) is 0 Å². The predicted octanol–water partition coefficient (Wildman–Crippen LogP) is 0.503. The normalized spacial score (nSPS) is 12.8. The fraction of sp³-hybridized carbons (Fsp3) is 0.545. The average molecular weight is 254 g/mol. The number of aromatic nitrogens is 2. The summed E-state index contributed by atoms with van der Waals surface area (Å²) in [5, 5.41) is 14.1. The van der Waals surface area contributed by atoms with Crippen molar-refractivity contribution in [3.05, 3.63) is 18.2 Å². The first kappa shape index (κ1) is 14.0. The number of hydrogen-bond donors (Lipinski definition) is 4. The fourth-order valence-corrected chi connectivity index (χ4v) is 1.35. The molecular formula is C11H18N4O3. The van der Waals surface area contributed by atoms with E-state index in [1.807, 2.05) is 20.8 Å². The number of rotatable bonds is 4. The van der Waals surface area contributed by atoms with Crippen LogP contribution in [0.25, 0.3) is 0 Å². The van der Waals surface area contributed by atoms with Crippen molar-refractivity contribution >= 4 is 12.0 Å². The zero-order chi connectivity index (χ0) is 13.8. The standard InChI is InChI=1S/C11H18N4O3/c1-11(2,3)15-10(18)14-8(9(16)17)4-7-5-12-6-13-7/h5-6,8H,4H2,1-3H3,(H,12,13)(H,16,17)(H2,14,15,18)/t8-/m1/s1. The molecule has 2 amide bonds. The van der Waals surface area contributed by atoms with Gasteiger partial charge in [-0.1, -0.05) is 0 Å². The number of carbonyl (C=O) groups excluding carboxylic acids is 1. The van der Waals surface area contributed by atoms with Gasteiger partial charge in [-0.05, 0) is 20.8 Å². The molecule has 0 fully saturated rings. The summed E-state index contributed by atoms with van der Waals surface area (Å²) < 4.78 is 0. The Kier molecular flexibility index (Phi) is 4.30. The van der Waals surface area contributed by atoms with Gasteiger partial charge in [-0.2, -0.15) is 0 Å². The number of H-pyrrole nitrogens is 1. The molecule has 0 saturated heterocycles. The van der Waals surface area contributed by atoms with Crippen molar-refractivity contribution < 1.29 is 14.7 Å². The topological polar surface area (TPSA) is 107 Å². The van der Waals surface area contributed by atoms with E-state index in [9.17, 15) is 9.59 Å². The molecule has 0 bridgehead atoms. The fourth-order valence-electron chi connectivity index (χ4n) is 1.35. The first-order valence-electron chi connectivity index (χ1n) is 5.56. The zero-order valence-electron chi connectivity index (χ0n) is 10.7. The Balaban J connectivity index is 2.58. The third-order valence-electron chi connectivity index (χ3n) is 2.07. The molecule has 100 valence electrons. The lowest BCUT2D eigenvalue weighted by Crippen LogP contribution is -2.52. The first-order valence-corrected chi connectivity index (χ1v) is 5.56. The molecule has 0 aromatic carbocycles. The van der Waals surface area contributed by atoms with Crippen molar-refractivity contribution in [3.8, 4) is 0 Å². The molecule has 1 rings (SSSR count). The molecule has 1 heterocycles. The van der Waals surface area contributed by atoms with Gasteiger partial charge in [-0.25, -0.2) is 14.6 Å². The van der Waals surface area contributed by atoms with Crippen LogP contribution in [-0.2, 0) is 11.2 Å². The van der Waals surface area contributed by atoms with Crippen molar-refractivity contribution in [1.82, 2.24) is 20.6 Å². The first-order chi connectivity index (χ1) is 8.28. The molecule has 1 aromatic rings. The summed E-state index contributed by atoms with van der Waals surface area (Å²) in [5.41, 5.74) is 0.236. The van der Waals surface area contributed by atoms with Crippen LogP contribution in [0.3, 0.4) is 0 Å². The van der Waals surface area contributed by atoms with Crippen LogP contribution in [0.4, 0.5) is 4.79 Å². The highest BCUT2D eigenvalue weighted by atomic mass is 16.4. The Morgan fingerprint density at radius 2 is 2.17 bits per heavy atom. The van der Waals surface area contributed by atoms with Gasteiger partial charge in [0, 0.05) is 23.9 Å². The van der Waals surface area contributed by atoms with Crippen molar-refractivity contribution in [3.63, 3.8) is 0 Å². The molecule has 7 heteroatoms. The quantitative estimate of drug-likeness (QED) is 0.627. The van der Waals surface area contributed by atoms with Gasteiger partial charge in [-0.3, -0.25) is 0 Å². The Bertz CT molecular complexity index is 408. The van der Waals surface area contributed by atoms with Gasteiger partial charge in [0.15, 0.2) is 0 Å². The molecule has 4 N–H and O–H groups in total. The van der Waals surface area contributed by atoms with Crippen LogP contribution in [0.15, 0.2) is 12.5 Å². The van der Waals surface area contributed by atoms with Crippen LogP contribution >= 0.6 is 0 Å². The highest BCUT2D eigenvalue weighted by molar-refractivity contribution is 5.83.